The van der Waals surface area contributed by atoms with Crippen molar-refractivity contribution in [3.05, 3.63) is 158 Å². The lowest BCUT2D eigenvalue weighted by atomic mass is 9.83. The summed E-state index contributed by atoms with van der Waals surface area (Å²) in [6.07, 6.45) is 0. The van der Waals surface area contributed by atoms with E-state index in [1.54, 1.807) is 0 Å². The fourth-order valence-corrected chi connectivity index (χ4v) is 6.39. The molecule has 0 spiro atoms. The molecule has 1 heteroatoms. The van der Waals surface area contributed by atoms with Gasteiger partial charge in [-0.3, -0.25) is 0 Å². The maximum Gasteiger partial charge on any atom is 0.136 e. The van der Waals surface area contributed by atoms with E-state index in [2.05, 4.69) is 30.3 Å². The van der Waals surface area contributed by atoms with Gasteiger partial charge in [0.1, 0.15) is 11.2 Å². The summed E-state index contributed by atoms with van der Waals surface area (Å²) in [5.74, 6) is 0. The summed E-state index contributed by atoms with van der Waals surface area (Å²) < 4.78 is 84.6. The van der Waals surface area contributed by atoms with Gasteiger partial charge in [0.15, 0.2) is 0 Å². The third-order valence-electron chi connectivity index (χ3n) is 8.25. The minimum Gasteiger partial charge on any atom is -0.456 e. The Labute approximate surface area is 261 Å². The van der Waals surface area contributed by atoms with Crippen LogP contribution in [-0.2, 0) is 0 Å². The second-order valence-electron chi connectivity index (χ2n) is 10.6. The molecule has 9 aromatic rings. The minimum atomic E-state index is -0.588. The van der Waals surface area contributed by atoms with Gasteiger partial charge in [0, 0.05) is 10.8 Å². The standard InChI is InChI=1S/C42H26O/c1-2-12-27(13-3-1)31-16-6-7-17-32(31)42-35-20-10-8-18-33(35)41(34-19-9-11-21-36(34)42)30-22-23-39-37(25-30)38-24-28-14-4-5-15-29(28)26-40(38)43-39/h1-26H/i1D,2D,3D,6D,7D,12D,13D,16D,17D. The monoisotopic (exact) mass is 555 g/mol. The van der Waals surface area contributed by atoms with Crippen molar-refractivity contribution in [1.82, 2.24) is 0 Å². The highest BCUT2D eigenvalue weighted by molar-refractivity contribution is 6.23. The molecule has 1 heterocycles. The summed E-state index contributed by atoms with van der Waals surface area (Å²) in [5.41, 5.74) is 3.48. The molecule has 43 heavy (non-hydrogen) atoms. The summed E-state index contributed by atoms with van der Waals surface area (Å²) in [6, 6.07) is 29.0. The van der Waals surface area contributed by atoms with Gasteiger partial charge in [-0.05, 0) is 90.0 Å². The van der Waals surface area contributed by atoms with Gasteiger partial charge in [-0.1, -0.05) is 133 Å². The van der Waals surface area contributed by atoms with Gasteiger partial charge in [0.05, 0.1) is 12.3 Å². The van der Waals surface area contributed by atoms with Gasteiger partial charge in [0.25, 0.3) is 0 Å². The second kappa shape index (κ2) is 9.44. The van der Waals surface area contributed by atoms with Crippen LogP contribution < -0.4 is 0 Å². The van der Waals surface area contributed by atoms with Crippen LogP contribution in [0.2, 0.25) is 0 Å². The molecule has 0 atom stereocenters. The first-order valence-electron chi connectivity index (χ1n) is 18.5. The molecule has 0 fully saturated rings. The number of hydrogen-bond acceptors (Lipinski definition) is 1. The molecule has 0 aliphatic carbocycles. The van der Waals surface area contributed by atoms with E-state index in [4.69, 9.17) is 15.4 Å². The van der Waals surface area contributed by atoms with Crippen LogP contribution in [0.25, 0.3) is 87.6 Å². The number of rotatable bonds is 3. The molecular formula is C42H26O. The van der Waals surface area contributed by atoms with Crippen LogP contribution in [-0.4, -0.2) is 0 Å². The zero-order valence-electron chi connectivity index (χ0n) is 31.7. The van der Waals surface area contributed by atoms with Crippen molar-refractivity contribution < 1.29 is 16.8 Å². The Bertz CT molecular complexity index is 2930. The molecule has 0 aliphatic rings. The van der Waals surface area contributed by atoms with Crippen molar-refractivity contribution in [2.45, 2.75) is 0 Å². The van der Waals surface area contributed by atoms with Crippen LogP contribution in [0.1, 0.15) is 12.3 Å². The van der Waals surface area contributed by atoms with Gasteiger partial charge >= 0.3 is 0 Å². The lowest BCUT2D eigenvalue weighted by Gasteiger charge is -2.19. The van der Waals surface area contributed by atoms with Crippen molar-refractivity contribution in [1.29, 1.82) is 0 Å². The zero-order chi connectivity index (χ0) is 36.2. The predicted octanol–water partition coefficient (Wildman–Crippen LogP) is 12.0. The van der Waals surface area contributed by atoms with Crippen LogP contribution in [0.4, 0.5) is 0 Å². The Balaban J connectivity index is 1.41. The molecule has 0 saturated heterocycles. The Morgan fingerprint density at radius 2 is 0.953 bits per heavy atom. The summed E-state index contributed by atoms with van der Waals surface area (Å²) in [6.45, 7) is 0. The van der Waals surface area contributed by atoms with Crippen LogP contribution in [0.3, 0.4) is 0 Å². The lowest BCUT2D eigenvalue weighted by molar-refractivity contribution is 0.669. The van der Waals surface area contributed by atoms with E-state index >= 15 is 0 Å². The molecule has 0 saturated carbocycles. The van der Waals surface area contributed by atoms with E-state index < -0.39 is 48.3 Å². The van der Waals surface area contributed by atoms with Crippen LogP contribution >= 0.6 is 0 Å². The van der Waals surface area contributed by atoms with Crippen LogP contribution in [0.5, 0.6) is 0 Å². The molecule has 1 aromatic heterocycles. The van der Waals surface area contributed by atoms with Crippen molar-refractivity contribution >= 4 is 54.3 Å². The molecule has 1 nitrogen and oxygen atoms in total. The minimum absolute atomic E-state index is 0.0617. The third kappa shape index (κ3) is 3.72. The van der Waals surface area contributed by atoms with Gasteiger partial charge in [-0.25, -0.2) is 0 Å². The summed E-state index contributed by atoms with van der Waals surface area (Å²) in [5, 5.41) is 7.12. The van der Waals surface area contributed by atoms with E-state index in [1.165, 1.54) is 0 Å². The molecule has 200 valence electrons. The normalized spacial score (nSPS) is 14.7. The second-order valence-corrected chi connectivity index (χ2v) is 10.6. The summed E-state index contributed by atoms with van der Waals surface area (Å²) >= 11 is 0. The van der Waals surface area contributed by atoms with Gasteiger partial charge < -0.3 is 4.42 Å². The number of furan rings is 1. The largest absolute Gasteiger partial charge is 0.456 e. The first-order chi connectivity index (χ1) is 25.1. The summed E-state index contributed by atoms with van der Waals surface area (Å²) in [7, 11) is 0. The first kappa shape index (κ1) is 16.7. The molecule has 9 rings (SSSR count). The maximum atomic E-state index is 9.27. The zero-order valence-corrected chi connectivity index (χ0v) is 22.7. The van der Waals surface area contributed by atoms with E-state index in [-0.39, 0.29) is 22.7 Å². The van der Waals surface area contributed by atoms with Crippen molar-refractivity contribution in [2.75, 3.05) is 0 Å². The Hall–Kier alpha value is -5.66. The smallest absolute Gasteiger partial charge is 0.136 e. The topological polar surface area (TPSA) is 13.1 Å². The highest BCUT2D eigenvalue weighted by atomic mass is 16.3. The third-order valence-corrected chi connectivity index (χ3v) is 8.25. The molecule has 0 radical (unpaired) electrons. The highest BCUT2D eigenvalue weighted by Gasteiger charge is 2.19. The highest BCUT2D eigenvalue weighted by Crippen LogP contribution is 2.46. The predicted molar refractivity (Wildman–Crippen MR) is 183 cm³/mol. The molecule has 0 aliphatic heterocycles. The van der Waals surface area contributed by atoms with Gasteiger partial charge in [-0.2, -0.15) is 0 Å². The molecule has 0 amide bonds. The quantitative estimate of drug-likeness (QED) is 0.198. The van der Waals surface area contributed by atoms with E-state index in [0.29, 0.717) is 16.3 Å². The fourth-order valence-electron chi connectivity index (χ4n) is 6.39. The van der Waals surface area contributed by atoms with E-state index in [0.717, 1.165) is 54.6 Å². The maximum absolute atomic E-state index is 9.27. The Kier molecular flexibility index (Phi) is 3.67. The number of benzene rings is 8. The molecule has 0 N–H and O–H groups in total. The molecular weight excluding hydrogens is 520 g/mol. The van der Waals surface area contributed by atoms with E-state index in [9.17, 15) is 1.37 Å². The SMILES string of the molecule is [2H]c1c([2H])c([2H])c(-c2c([2H])c([2H])c([2H])c([2H])c2-c2c3ccccc3c(-c3ccc4oc5cc6ccccc6cc5c4c3)c3ccccc23)c([2H])c1[2H]. The number of hydrogen-bond donors (Lipinski definition) is 0. The van der Waals surface area contributed by atoms with Crippen LogP contribution in [0.15, 0.2) is 162 Å². The fraction of sp³-hybridized carbons (Fsp3) is 0. The van der Waals surface area contributed by atoms with Gasteiger partial charge in [-0.15, -0.1) is 0 Å². The molecule has 0 bridgehead atoms. The molecule has 0 unspecified atom stereocenters. The van der Waals surface area contributed by atoms with Crippen LogP contribution in [0, 0.1) is 0 Å². The van der Waals surface area contributed by atoms with Crippen molar-refractivity contribution in [3.8, 4) is 33.4 Å². The van der Waals surface area contributed by atoms with E-state index in [1.807, 2.05) is 72.8 Å². The van der Waals surface area contributed by atoms with Crippen molar-refractivity contribution in [3.63, 3.8) is 0 Å². The Morgan fingerprint density at radius 1 is 0.395 bits per heavy atom. The average molecular weight is 556 g/mol. The number of fused-ring (bicyclic) bond motifs is 6. The average Bonchev–Trinajstić information content (AvgIpc) is 3.52. The van der Waals surface area contributed by atoms with Gasteiger partial charge in [0.2, 0.25) is 0 Å². The Morgan fingerprint density at radius 3 is 1.65 bits per heavy atom. The summed E-state index contributed by atoms with van der Waals surface area (Å²) in [4.78, 5) is 0. The van der Waals surface area contributed by atoms with Crippen molar-refractivity contribution in [2.24, 2.45) is 0 Å². The first-order valence-corrected chi connectivity index (χ1v) is 14.0. The molecule has 8 aromatic carbocycles. The lowest BCUT2D eigenvalue weighted by Crippen LogP contribution is -1.92.